The van der Waals surface area contributed by atoms with E-state index in [4.69, 9.17) is 9.73 Å². The lowest BCUT2D eigenvalue weighted by Crippen LogP contribution is -2.44. The summed E-state index contributed by atoms with van der Waals surface area (Å²) in [6.45, 7) is 2.16. The normalized spacial score (nSPS) is 27.0. The van der Waals surface area contributed by atoms with Gasteiger partial charge in [-0.25, -0.2) is 4.79 Å². The Morgan fingerprint density at radius 3 is 2.89 bits per heavy atom. The second kappa shape index (κ2) is 5.89. The Hall–Kier alpha value is -2.73. The molecule has 3 atom stereocenters. The highest BCUT2D eigenvalue weighted by atomic mass is 16.6. The highest BCUT2D eigenvalue weighted by molar-refractivity contribution is 5.83. The van der Waals surface area contributed by atoms with Crippen molar-refractivity contribution in [3.05, 3.63) is 68.1 Å². The number of aromatic nitrogens is 1. The summed E-state index contributed by atoms with van der Waals surface area (Å²) in [5.41, 5.74) is -0.461. The van der Waals surface area contributed by atoms with Gasteiger partial charge in [0.25, 0.3) is 5.56 Å². The summed E-state index contributed by atoms with van der Waals surface area (Å²) in [6.07, 6.45) is 2.31. The van der Waals surface area contributed by atoms with Crippen LogP contribution in [0.15, 0.2) is 40.1 Å². The summed E-state index contributed by atoms with van der Waals surface area (Å²) >= 11 is 0. The van der Waals surface area contributed by atoms with E-state index < -0.39 is 11.6 Å². The third kappa shape index (κ3) is 2.26. The molecule has 1 aromatic heterocycles. The highest BCUT2D eigenvalue weighted by Gasteiger charge is 2.46. The van der Waals surface area contributed by atoms with E-state index >= 15 is 0 Å². The molecule has 140 valence electrons. The summed E-state index contributed by atoms with van der Waals surface area (Å²) in [4.78, 5) is 30.0. The SMILES string of the molecule is C.CC[C@@]1(O)C(=O)OCc2c1cc1n(c2=O)CC2C=c3ccccc3=NC12. The number of nitrogens with zero attached hydrogens (tertiary/aromatic N) is 2. The van der Waals surface area contributed by atoms with Crippen molar-refractivity contribution in [2.75, 3.05) is 0 Å². The molecule has 2 aromatic rings. The van der Waals surface area contributed by atoms with Gasteiger partial charge in [-0.1, -0.05) is 38.6 Å². The molecule has 0 bridgehead atoms. The Labute approximate surface area is 156 Å². The second-order valence-corrected chi connectivity index (χ2v) is 7.13. The van der Waals surface area contributed by atoms with Gasteiger partial charge in [-0.05, 0) is 23.8 Å². The predicted octanol–water partition coefficient (Wildman–Crippen LogP) is 0.924. The van der Waals surface area contributed by atoms with E-state index in [0.717, 1.165) is 16.3 Å². The maximum absolute atomic E-state index is 13.0. The van der Waals surface area contributed by atoms with Gasteiger partial charge in [-0.3, -0.25) is 9.79 Å². The molecule has 4 heterocycles. The quantitative estimate of drug-likeness (QED) is 0.761. The average Bonchev–Trinajstić information content (AvgIpc) is 3.01. The number of rotatable bonds is 1. The molecule has 0 amide bonds. The molecule has 27 heavy (non-hydrogen) atoms. The highest BCUT2D eigenvalue weighted by Crippen LogP contribution is 2.40. The maximum atomic E-state index is 13.0. The van der Waals surface area contributed by atoms with Crippen LogP contribution in [0.4, 0.5) is 0 Å². The fraction of sp³-hybridized carbons (Fsp3) is 0.381. The van der Waals surface area contributed by atoms with Crippen LogP contribution in [-0.2, 0) is 28.3 Å². The van der Waals surface area contributed by atoms with E-state index in [-0.39, 0.29) is 38.0 Å². The minimum Gasteiger partial charge on any atom is -0.458 e. The van der Waals surface area contributed by atoms with E-state index in [1.165, 1.54) is 0 Å². The number of hydrogen-bond acceptors (Lipinski definition) is 5. The molecule has 0 fully saturated rings. The molecule has 6 heteroatoms. The van der Waals surface area contributed by atoms with Gasteiger partial charge in [0.05, 0.1) is 17.0 Å². The Balaban J connectivity index is 0.00000180. The lowest BCUT2D eigenvalue weighted by atomic mass is 9.85. The van der Waals surface area contributed by atoms with Gasteiger partial charge in [0.1, 0.15) is 6.61 Å². The smallest absolute Gasteiger partial charge is 0.343 e. The van der Waals surface area contributed by atoms with Crippen LogP contribution in [0, 0.1) is 5.92 Å². The van der Waals surface area contributed by atoms with Crippen molar-refractivity contribution >= 4 is 12.0 Å². The molecule has 5 rings (SSSR count). The van der Waals surface area contributed by atoms with Gasteiger partial charge < -0.3 is 14.4 Å². The standard InChI is InChI=1S/C20H18N2O4.CH4/c1-2-20(25)14-8-16-17-12(7-11-5-3-4-6-15(11)21-17)9-22(16)18(23)13(14)10-26-19(20)24;/h3-8,12,17,25H,2,9-10H2,1H3;1H4/t12?,17?,20-;/m0./s1. The largest absolute Gasteiger partial charge is 0.458 e. The molecule has 0 saturated heterocycles. The Kier molecular flexibility index (Phi) is 3.85. The van der Waals surface area contributed by atoms with E-state index in [0.29, 0.717) is 17.7 Å². The number of ether oxygens (including phenoxy) is 1. The number of carbonyl (C=O) groups is 1. The van der Waals surface area contributed by atoms with Crippen molar-refractivity contribution in [1.29, 1.82) is 0 Å². The van der Waals surface area contributed by atoms with Crippen molar-refractivity contribution in [3.8, 4) is 0 Å². The molecule has 2 unspecified atom stereocenters. The molecule has 3 aliphatic heterocycles. The van der Waals surface area contributed by atoms with Crippen LogP contribution in [0.1, 0.15) is 43.6 Å². The first-order valence-corrected chi connectivity index (χ1v) is 8.84. The van der Waals surface area contributed by atoms with E-state index in [2.05, 4.69) is 6.08 Å². The summed E-state index contributed by atoms with van der Waals surface area (Å²) in [5.74, 6) is -0.600. The first kappa shape index (κ1) is 17.7. The van der Waals surface area contributed by atoms with Gasteiger partial charge in [-0.2, -0.15) is 0 Å². The number of aliphatic hydroxyl groups is 1. The first-order valence-electron chi connectivity index (χ1n) is 8.84. The number of esters is 1. The van der Waals surface area contributed by atoms with Crippen LogP contribution in [0.25, 0.3) is 6.08 Å². The molecule has 6 nitrogen and oxygen atoms in total. The van der Waals surface area contributed by atoms with Gasteiger partial charge in [0.2, 0.25) is 0 Å². The minimum absolute atomic E-state index is 0. The van der Waals surface area contributed by atoms with Crippen LogP contribution in [0.3, 0.4) is 0 Å². The molecule has 0 aliphatic carbocycles. The van der Waals surface area contributed by atoms with Crippen molar-refractivity contribution in [2.45, 2.75) is 45.6 Å². The van der Waals surface area contributed by atoms with Crippen LogP contribution in [0.5, 0.6) is 0 Å². The molecular formula is C21H22N2O4. The van der Waals surface area contributed by atoms with Crippen LogP contribution in [0.2, 0.25) is 0 Å². The number of cyclic esters (lactones) is 1. The molecular weight excluding hydrogens is 344 g/mol. The lowest BCUT2D eigenvalue weighted by molar-refractivity contribution is -0.172. The van der Waals surface area contributed by atoms with Crippen LogP contribution < -0.4 is 16.1 Å². The van der Waals surface area contributed by atoms with Crippen molar-refractivity contribution in [1.82, 2.24) is 4.57 Å². The summed E-state index contributed by atoms with van der Waals surface area (Å²) in [7, 11) is 0. The number of hydrogen-bond donors (Lipinski definition) is 1. The monoisotopic (exact) mass is 366 g/mol. The summed E-state index contributed by atoms with van der Waals surface area (Å²) in [5, 5.41) is 12.8. The number of carbonyl (C=O) groups excluding carboxylic acids is 1. The van der Waals surface area contributed by atoms with Crippen LogP contribution in [-0.4, -0.2) is 15.6 Å². The van der Waals surface area contributed by atoms with Gasteiger partial charge in [-0.15, -0.1) is 0 Å². The predicted molar refractivity (Wildman–Crippen MR) is 99.3 cm³/mol. The topological polar surface area (TPSA) is 80.9 Å². The maximum Gasteiger partial charge on any atom is 0.343 e. The molecule has 0 spiro atoms. The summed E-state index contributed by atoms with van der Waals surface area (Å²) in [6, 6.07) is 9.51. The lowest BCUT2D eigenvalue weighted by Gasteiger charge is -2.32. The third-order valence-electron chi connectivity index (χ3n) is 5.79. The fourth-order valence-corrected chi connectivity index (χ4v) is 4.31. The summed E-state index contributed by atoms with van der Waals surface area (Å²) < 4.78 is 6.80. The second-order valence-electron chi connectivity index (χ2n) is 7.13. The third-order valence-corrected chi connectivity index (χ3v) is 5.79. The zero-order valence-corrected chi connectivity index (χ0v) is 14.3. The molecule has 0 saturated carbocycles. The van der Waals surface area contributed by atoms with Crippen molar-refractivity contribution in [2.24, 2.45) is 10.9 Å². The Morgan fingerprint density at radius 1 is 1.33 bits per heavy atom. The van der Waals surface area contributed by atoms with Crippen molar-refractivity contribution in [3.63, 3.8) is 0 Å². The zero-order chi connectivity index (χ0) is 18.1. The minimum atomic E-state index is -1.77. The number of benzene rings is 1. The zero-order valence-electron chi connectivity index (χ0n) is 14.3. The molecule has 3 aliphatic rings. The number of para-hydroxylation sites is 1. The van der Waals surface area contributed by atoms with E-state index in [1.807, 2.05) is 24.3 Å². The fourth-order valence-electron chi connectivity index (χ4n) is 4.31. The van der Waals surface area contributed by atoms with E-state index in [1.54, 1.807) is 17.6 Å². The molecule has 0 radical (unpaired) electrons. The first-order chi connectivity index (χ1) is 12.5. The van der Waals surface area contributed by atoms with Gasteiger partial charge in [0.15, 0.2) is 5.60 Å². The molecule has 1 N–H and O–H groups in total. The number of pyridine rings is 1. The van der Waals surface area contributed by atoms with Crippen LogP contribution >= 0.6 is 0 Å². The van der Waals surface area contributed by atoms with Crippen molar-refractivity contribution < 1.29 is 14.6 Å². The Bertz CT molecular complexity index is 1130. The van der Waals surface area contributed by atoms with E-state index in [9.17, 15) is 14.7 Å². The molecule has 1 aromatic carbocycles. The number of fused-ring (bicyclic) bond motifs is 5. The average molecular weight is 366 g/mol. The van der Waals surface area contributed by atoms with Gasteiger partial charge >= 0.3 is 5.97 Å². The van der Waals surface area contributed by atoms with Gasteiger partial charge in [0, 0.05) is 23.7 Å². The Morgan fingerprint density at radius 2 is 2.11 bits per heavy atom.